The van der Waals surface area contributed by atoms with E-state index in [1.54, 1.807) is 18.2 Å². The van der Waals surface area contributed by atoms with E-state index in [2.05, 4.69) is 22.8 Å². The lowest BCUT2D eigenvalue weighted by atomic mass is 10.0. The topological polar surface area (TPSA) is 67.4 Å². The third-order valence-electron chi connectivity index (χ3n) is 5.00. The summed E-state index contributed by atoms with van der Waals surface area (Å²) in [4.78, 5) is 24.2. The molecule has 0 spiro atoms. The molecule has 3 aromatic carbocycles. The molecule has 128 valence electrons. The minimum absolute atomic E-state index is 0.000779. The molecule has 0 fully saturated rings. The fraction of sp³-hybridized carbons (Fsp3) is 0.143. The van der Waals surface area contributed by atoms with Crippen LogP contribution in [0.5, 0.6) is 5.75 Å². The number of benzene rings is 3. The summed E-state index contributed by atoms with van der Waals surface area (Å²) >= 11 is 0. The highest BCUT2D eigenvalue weighted by molar-refractivity contribution is 6.11. The Morgan fingerprint density at radius 2 is 1.88 bits per heavy atom. The number of fused-ring (bicyclic) bond motifs is 1. The molecule has 0 aromatic heterocycles. The zero-order chi connectivity index (χ0) is 17.7. The quantitative estimate of drug-likeness (QED) is 0.747. The smallest absolute Gasteiger partial charge is 0.262 e. The average Bonchev–Trinajstić information content (AvgIpc) is 3.08. The van der Waals surface area contributed by atoms with E-state index in [0.29, 0.717) is 17.0 Å². The van der Waals surface area contributed by atoms with Crippen LogP contribution in [0.2, 0.25) is 0 Å². The van der Waals surface area contributed by atoms with Gasteiger partial charge >= 0.3 is 0 Å². The maximum atomic E-state index is 12.7. The number of carbonyl (C=O) groups excluding carboxylic acids is 2. The van der Waals surface area contributed by atoms with Crippen molar-refractivity contribution < 1.29 is 14.3 Å². The van der Waals surface area contributed by atoms with E-state index in [4.69, 9.17) is 4.74 Å². The van der Waals surface area contributed by atoms with E-state index in [-0.39, 0.29) is 18.4 Å². The van der Waals surface area contributed by atoms with Crippen LogP contribution in [0, 0.1) is 0 Å². The first-order valence-corrected chi connectivity index (χ1v) is 8.60. The molecule has 2 N–H and O–H groups in total. The molecule has 5 rings (SSSR count). The molecule has 3 aromatic rings. The van der Waals surface area contributed by atoms with E-state index >= 15 is 0 Å². The van der Waals surface area contributed by atoms with Crippen LogP contribution in [0.4, 0.5) is 11.4 Å². The van der Waals surface area contributed by atoms with Crippen molar-refractivity contribution in [3.05, 3.63) is 65.2 Å². The van der Waals surface area contributed by atoms with Gasteiger partial charge in [-0.3, -0.25) is 9.59 Å². The summed E-state index contributed by atoms with van der Waals surface area (Å²) in [6, 6.07) is 15.3. The van der Waals surface area contributed by atoms with Gasteiger partial charge in [0.1, 0.15) is 5.75 Å². The van der Waals surface area contributed by atoms with Crippen LogP contribution < -0.4 is 15.4 Å². The molecule has 1 heterocycles. The minimum atomic E-state index is -0.220. The van der Waals surface area contributed by atoms with Gasteiger partial charge in [0, 0.05) is 16.6 Å². The summed E-state index contributed by atoms with van der Waals surface area (Å²) in [5, 5.41) is 8.07. The third kappa shape index (κ3) is 2.32. The van der Waals surface area contributed by atoms with Crippen molar-refractivity contribution in [3.8, 4) is 5.75 Å². The van der Waals surface area contributed by atoms with E-state index in [1.807, 2.05) is 18.2 Å². The number of carbonyl (C=O) groups is 2. The molecule has 1 aliphatic heterocycles. The number of amides is 2. The minimum Gasteiger partial charge on any atom is -0.482 e. The van der Waals surface area contributed by atoms with Gasteiger partial charge in [0.25, 0.3) is 11.8 Å². The Morgan fingerprint density at radius 3 is 2.77 bits per heavy atom. The van der Waals surface area contributed by atoms with Crippen molar-refractivity contribution in [2.75, 3.05) is 17.2 Å². The molecule has 0 atom stereocenters. The van der Waals surface area contributed by atoms with Crippen molar-refractivity contribution in [1.82, 2.24) is 0 Å². The highest BCUT2D eigenvalue weighted by Crippen LogP contribution is 2.35. The Morgan fingerprint density at radius 1 is 1.04 bits per heavy atom. The highest BCUT2D eigenvalue weighted by Gasteiger charge is 2.20. The third-order valence-corrected chi connectivity index (χ3v) is 5.00. The van der Waals surface area contributed by atoms with Crippen LogP contribution in [-0.4, -0.2) is 18.4 Å². The lowest BCUT2D eigenvalue weighted by Gasteiger charge is -2.18. The molecule has 26 heavy (non-hydrogen) atoms. The lowest BCUT2D eigenvalue weighted by Crippen LogP contribution is -2.25. The maximum Gasteiger partial charge on any atom is 0.262 e. The summed E-state index contributed by atoms with van der Waals surface area (Å²) in [5.74, 6) is 0.139. The van der Waals surface area contributed by atoms with Crippen molar-refractivity contribution in [2.45, 2.75) is 12.8 Å². The lowest BCUT2D eigenvalue weighted by molar-refractivity contribution is -0.118. The van der Waals surface area contributed by atoms with Crippen molar-refractivity contribution >= 4 is 34.0 Å². The number of aryl methyl sites for hydroxylation is 2. The molecular formula is C21H16N2O3. The van der Waals surface area contributed by atoms with Gasteiger partial charge in [-0.15, -0.1) is 0 Å². The number of ether oxygens (including phenoxy) is 1. The first-order chi connectivity index (χ1) is 12.7. The van der Waals surface area contributed by atoms with Gasteiger partial charge in [0.15, 0.2) is 6.61 Å². The number of anilines is 2. The second-order valence-electron chi connectivity index (χ2n) is 6.61. The SMILES string of the molecule is O=C1COc2ccc(C(=O)Nc3ccc4c5c(cccc35)CC4)cc2N1. The predicted octanol–water partition coefficient (Wildman–Crippen LogP) is 3.52. The molecule has 1 aliphatic carbocycles. The molecule has 0 saturated heterocycles. The second kappa shape index (κ2) is 5.59. The molecular weight excluding hydrogens is 328 g/mol. The van der Waals surface area contributed by atoms with Gasteiger partial charge in [0.2, 0.25) is 0 Å². The fourth-order valence-electron chi connectivity index (χ4n) is 3.77. The van der Waals surface area contributed by atoms with Crippen LogP contribution in [0.15, 0.2) is 48.5 Å². The van der Waals surface area contributed by atoms with Crippen LogP contribution >= 0.6 is 0 Å². The molecule has 0 bridgehead atoms. The van der Waals surface area contributed by atoms with Gasteiger partial charge in [-0.05, 0) is 53.6 Å². The van der Waals surface area contributed by atoms with Crippen molar-refractivity contribution in [3.63, 3.8) is 0 Å². The van der Waals surface area contributed by atoms with Crippen LogP contribution in [0.1, 0.15) is 21.5 Å². The number of rotatable bonds is 2. The number of nitrogens with one attached hydrogen (secondary N) is 2. The fourth-order valence-corrected chi connectivity index (χ4v) is 3.77. The summed E-state index contributed by atoms with van der Waals surface area (Å²) in [6.07, 6.45) is 2.10. The summed E-state index contributed by atoms with van der Waals surface area (Å²) < 4.78 is 5.34. The van der Waals surface area contributed by atoms with Gasteiger partial charge in [0.05, 0.1) is 5.69 Å². The monoisotopic (exact) mass is 344 g/mol. The van der Waals surface area contributed by atoms with Crippen LogP contribution in [0.3, 0.4) is 0 Å². The average molecular weight is 344 g/mol. The zero-order valence-corrected chi connectivity index (χ0v) is 14.0. The van der Waals surface area contributed by atoms with Gasteiger partial charge in [-0.2, -0.15) is 0 Å². The van der Waals surface area contributed by atoms with Crippen molar-refractivity contribution in [2.24, 2.45) is 0 Å². The van der Waals surface area contributed by atoms with Crippen LogP contribution in [0.25, 0.3) is 10.8 Å². The van der Waals surface area contributed by atoms with Crippen molar-refractivity contribution in [1.29, 1.82) is 0 Å². The summed E-state index contributed by atoms with van der Waals surface area (Å²) in [7, 11) is 0. The van der Waals surface area contributed by atoms with Gasteiger partial charge in [-0.25, -0.2) is 0 Å². The number of hydrogen-bond donors (Lipinski definition) is 2. The Hall–Kier alpha value is -3.34. The molecule has 0 radical (unpaired) electrons. The predicted molar refractivity (Wildman–Crippen MR) is 99.9 cm³/mol. The summed E-state index contributed by atoms with van der Waals surface area (Å²) in [6.45, 7) is -0.000779. The van der Waals surface area contributed by atoms with E-state index < -0.39 is 0 Å². The number of hydrogen-bond acceptors (Lipinski definition) is 3. The van der Waals surface area contributed by atoms with E-state index in [9.17, 15) is 9.59 Å². The van der Waals surface area contributed by atoms with Gasteiger partial charge in [-0.1, -0.05) is 24.3 Å². The standard InChI is InChI=1S/C21H16N2O3/c24-19-11-26-18-9-7-14(10-17(18)22-19)21(25)23-16-8-6-13-5-4-12-2-1-3-15(16)20(12)13/h1-3,6-10H,4-5,11H2,(H,22,24)(H,23,25). The van der Waals surface area contributed by atoms with Crippen LogP contribution in [-0.2, 0) is 17.6 Å². The molecule has 5 nitrogen and oxygen atoms in total. The Balaban J connectivity index is 1.49. The highest BCUT2D eigenvalue weighted by atomic mass is 16.5. The second-order valence-corrected chi connectivity index (χ2v) is 6.61. The van der Waals surface area contributed by atoms with E-state index in [1.165, 1.54) is 16.5 Å². The molecule has 2 amide bonds. The molecule has 5 heteroatoms. The normalized spacial score (nSPS) is 14.5. The molecule has 2 aliphatic rings. The largest absolute Gasteiger partial charge is 0.482 e. The Labute approximate surface area is 150 Å². The maximum absolute atomic E-state index is 12.7. The Kier molecular flexibility index (Phi) is 3.22. The zero-order valence-electron chi connectivity index (χ0n) is 14.0. The first-order valence-electron chi connectivity index (χ1n) is 8.60. The van der Waals surface area contributed by atoms with Gasteiger partial charge < -0.3 is 15.4 Å². The van der Waals surface area contributed by atoms with E-state index in [0.717, 1.165) is 23.9 Å². The first kappa shape index (κ1) is 15.0. The molecule has 0 unspecified atom stereocenters. The Bertz CT molecular complexity index is 1080. The summed E-state index contributed by atoms with van der Waals surface area (Å²) in [5.41, 5.74) is 4.46. The molecule has 0 saturated carbocycles.